The van der Waals surface area contributed by atoms with Crippen LogP contribution in [0.2, 0.25) is 0 Å². The quantitative estimate of drug-likeness (QED) is 0.846. The summed E-state index contributed by atoms with van der Waals surface area (Å²) >= 11 is 0. The van der Waals surface area contributed by atoms with E-state index in [1.807, 2.05) is 0 Å². The lowest BCUT2D eigenvalue weighted by Crippen LogP contribution is -2.44. The van der Waals surface area contributed by atoms with Crippen LogP contribution >= 0.6 is 0 Å². The molecular weight excluding hydrogens is 232 g/mol. The number of benzene rings is 1. The maximum Gasteiger partial charge on any atom is 0.0108 e. The molecule has 106 valence electrons. The van der Waals surface area contributed by atoms with Crippen molar-refractivity contribution in [1.82, 2.24) is 10.2 Å². The Morgan fingerprint density at radius 3 is 2.58 bits per heavy atom. The normalized spacial score (nSPS) is 17.0. The van der Waals surface area contributed by atoms with Crippen molar-refractivity contribution in [3.8, 4) is 0 Å². The molecule has 1 aromatic carbocycles. The number of nitrogens with one attached hydrogen (secondary N) is 1. The Morgan fingerprint density at radius 1 is 1.16 bits per heavy atom. The van der Waals surface area contributed by atoms with Gasteiger partial charge >= 0.3 is 0 Å². The van der Waals surface area contributed by atoms with Crippen LogP contribution < -0.4 is 5.32 Å². The third-order valence-electron chi connectivity index (χ3n) is 4.33. The zero-order valence-electron chi connectivity index (χ0n) is 12.5. The van der Waals surface area contributed by atoms with Gasteiger partial charge in [0.05, 0.1) is 0 Å². The summed E-state index contributed by atoms with van der Waals surface area (Å²) in [7, 11) is 0. The minimum atomic E-state index is 0.735. The first-order chi connectivity index (χ1) is 9.33. The van der Waals surface area contributed by atoms with Gasteiger partial charge in [0, 0.05) is 32.7 Å². The number of piperazine rings is 1. The summed E-state index contributed by atoms with van der Waals surface area (Å²) in [6.45, 7) is 10.5. The molecule has 0 aliphatic carbocycles. The molecular formula is C17H28N2. The van der Waals surface area contributed by atoms with Gasteiger partial charge in [0.15, 0.2) is 0 Å². The van der Waals surface area contributed by atoms with Crippen molar-refractivity contribution in [2.75, 3.05) is 32.7 Å². The van der Waals surface area contributed by atoms with Crippen LogP contribution in [-0.2, 0) is 6.42 Å². The summed E-state index contributed by atoms with van der Waals surface area (Å²) in [6.07, 6.45) is 3.68. The summed E-state index contributed by atoms with van der Waals surface area (Å²) < 4.78 is 0. The van der Waals surface area contributed by atoms with E-state index in [2.05, 4.69) is 48.3 Å². The first-order valence-electron chi connectivity index (χ1n) is 7.85. The average Bonchev–Trinajstić information content (AvgIpc) is 2.48. The van der Waals surface area contributed by atoms with E-state index in [1.54, 1.807) is 0 Å². The van der Waals surface area contributed by atoms with E-state index in [1.165, 1.54) is 50.0 Å². The van der Waals surface area contributed by atoms with E-state index >= 15 is 0 Å². The molecule has 1 fully saturated rings. The standard InChI is InChI=1S/C17H28N2/c1-3-16(4-2)17-7-5-6-15(14-17)8-11-19-12-9-18-10-13-19/h5-7,14,16,18H,3-4,8-13H2,1-2H3. The van der Waals surface area contributed by atoms with E-state index in [0.717, 1.165) is 19.0 Å². The third-order valence-corrected chi connectivity index (χ3v) is 4.33. The van der Waals surface area contributed by atoms with E-state index in [-0.39, 0.29) is 0 Å². The summed E-state index contributed by atoms with van der Waals surface area (Å²) in [5, 5.41) is 3.41. The maximum atomic E-state index is 3.41. The van der Waals surface area contributed by atoms with Gasteiger partial charge in [0.2, 0.25) is 0 Å². The van der Waals surface area contributed by atoms with E-state index < -0.39 is 0 Å². The predicted octanol–water partition coefficient (Wildman–Crippen LogP) is 3.04. The molecule has 1 N–H and O–H groups in total. The van der Waals surface area contributed by atoms with Gasteiger partial charge in [-0.1, -0.05) is 38.1 Å². The third kappa shape index (κ3) is 4.32. The van der Waals surface area contributed by atoms with Crippen molar-refractivity contribution < 1.29 is 0 Å². The van der Waals surface area contributed by atoms with Crippen LogP contribution in [0.3, 0.4) is 0 Å². The van der Waals surface area contributed by atoms with Crippen molar-refractivity contribution >= 4 is 0 Å². The van der Waals surface area contributed by atoms with Gasteiger partial charge in [-0.2, -0.15) is 0 Å². The monoisotopic (exact) mass is 260 g/mol. The highest BCUT2D eigenvalue weighted by atomic mass is 15.2. The first kappa shape index (κ1) is 14.5. The summed E-state index contributed by atoms with van der Waals surface area (Å²) in [5.41, 5.74) is 3.03. The van der Waals surface area contributed by atoms with E-state index in [4.69, 9.17) is 0 Å². The van der Waals surface area contributed by atoms with Gasteiger partial charge in [0.1, 0.15) is 0 Å². The van der Waals surface area contributed by atoms with Gasteiger partial charge in [-0.25, -0.2) is 0 Å². The Balaban J connectivity index is 1.90. The molecule has 0 bridgehead atoms. The highest BCUT2D eigenvalue weighted by Gasteiger charge is 2.10. The largest absolute Gasteiger partial charge is 0.314 e. The molecule has 1 heterocycles. The Hall–Kier alpha value is -0.860. The first-order valence-corrected chi connectivity index (χ1v) is 7.85. The zero-order chi connectivity index (χ0) is 13.5. The smallest absolute Gasteiger partial charge is 0.0108 e. The topological polar surface area (TPSA) is 15.3 Å². The number of hydrogen-bond acceptors (Lipinski definition) is 2. The van der Waals surface area contributed by atoms with Gasteiger partial charge in [-0.15, -0.1) is 0 Å². The minimum Gasteiger partial charge on any atom is -0.314 e. The maximum absolute atomic E-state index is 3.41. The zero-order valence-corrected chi connectivity index (χ0v) is 12.5. The SMILES string of the molecule is CCC(CC)c1cccc(CCN2CCNCC2)c1. The van der Waals surface area contributed by atoms with Crippen LogP contribution in [0.1, 0.15) is 43.7 Å². The second kappa shape index (κ2) is 7.66. The molecule has 1 aromatic rings. The summed E-state index contributed by atoms with van der Waals surface area (Å²) in [6, 6.07) is 9.25. The van der Waals surface area contributed by atoms with Crippen molar-refractivity contribution in [3.63, 3.8) is 0 Å². The molecule has 0 aromatic heterocycles. The van der Waals surface area contributed by atoms with Gasteiger partial charge < -0.3 is 10.2 Å². The fourth-order valence-electron chi connectivity index (χ4n) is 2.98. The van der Waals surface area contributed by atoms with Crippen LogP contribution in [0.15, 0.2) is 24.3 Å². The Bertz CT molecular complexity index is 365. The molecule has 2 rings (SSSR count). The molecule has 1 aliphatic heterocycles. The number of nitrogens with zero attached hydrogens (tertiary/aromatic N) is 1. The minimum absolute atomic E-state index is 0.735. The molecule has 1 aliphatic rings. The second-order valence-corrected chi connectivity index (χ2v) is 5.60. The highest BCUT2D eigenvalue weighted by Crippen LogP contribution is 2.23. The Morgan fingerprint density at radius 2 is 1.89 bits per heavy atom. The highest BCUT2D eigenvalue weighted by molar-refractivity contribution is 5.26. The molecule has 0 radical (unpaired) electrons. The van der Waals surface area contributed by atoms with Crippen LogP contribution in [0.5, 0.6) is 0 Å². The second-order valence-electron chi connectivity index (χ2n) is 5.60. The number of hydrogen-bond donors (Lipinski definition) is 1. The van der Waals surface area contributed by atoms with Crippen LogP contribution in [0, 0.1) is 0 Å². The molecule has 0 unspecified atom stereocenters. The van der Waals surface area contributed by atoms with Crippen molar-refractivity contribution in [3.05, 3.63) is 35.4 Å². The molecule has 2 heteroatoms. The van der Waals surface area contributed by atoms with Crippen LogP contribution in [-0.4, -0.2) is 37.6 Å². The molecule has 0 saturated carbocycles. The fourth-order valence-corrected chi connectivity index (χ4v) is 2.98. The molecule has 1 saturated heterocycles. The van der Waals surface area contributed by atoms with Crippen LogP contribution in [0.25, 0.3) is 0 Å². The lowest BCUT2D eigenvalue weighted by molar-refractivity contribution is 0.244. The summed E-state index contributed by atoms with van der Waals surface area (Å²) in [4.78, 5) is 2.57. The molecule has 0 atom stereocenters. The number of rotatable bonds is 6. The van der Waals surface area contributed by atoms with Gasteiger partial charge in [0.25, 0.3) is 0 Å². The van der Waals surface area contributed by atoms with Crippen molar-refractivity contribution in [1.29, 1.82) is 0 Å². The molecule has 0 amide bonds. The lowest BCUT2D eigenvalue weighted by Gasteiger charge is -2.27. The molecule has 0 spiro atoms. The molecule has 2 nitrogen and oxygen atoms in total. The molecule has 19 heavy (non-hydrogen) atoms. The fraction of sp³-hybridized carbons (Fsp3) is 0.647. The van der Waals surface area contributed by atoms with E-state index in [0.29, 0.717) is 0 Å². The van der Waals surface area contributed by atoms with Gasteiger partial charge in [-0.3, -0.25) is 0 Å². The Labute approximate surface area is 118 Å². The lowest BCUT2D eigenvalue weighted by atomic mass is 9.92. The van der Waals surface area contributed by atoms with Crippen LogP contribution in [0.4, 0.5) is 0 Å². The van der Waals surface area contributed by atoms with Crippen molar-refractivity contribution in [2.24, 2.45) is 0 Å². The van der Waals surface area contributed by atoms with Crippen molar-refractivity contribution in [2.45, 2.75) is 39.0 Å². The Kier molecular flexibility index (Phi) is 5.87. The summed E-state index contributed by atoms with van der Waals surface area (Å²) in [5.74, 6) is 0.735. The predicted molar refractivity (Wildman–Crippen MR) is 82.8 cm³/mol. The van der Waals surface area contributed by atoms with Gasteiger partial charge in [-0.05, 0) is 36.3 Å². The average molecular weight is 260 g/mol. The van der Waals surface area contributed by atoms with E-state index in [9.17, 15) is 0 Å².